The summed E-state index contributed by atoms with van der Waals surface area (Å²) in [6.07, 6.45) is 3.68. The predicted octanol–water partition coefficient (Wildman–Crippen LogP) is 1.98. The number of likely N-dealkylation sites (tertiary alicyclic amines) is 1. The number of piperidine rings is 1. The molecule has 0 aliphatic carbocycles. The van der Waals surface area contributed by atoms with Crippen molar-refractivity contribution in [3.63, 3.8) is 0 Å². The Morgan fingerprint density at radius 3 is 2.77 bits per heavy atom. The lowest BCUT2D eigenvalue weighted by Crippen LogP contribution is -2.47. The van der Waals surface area contributed by atoms with E-state index in [1.54, 1.807) is 18.0 Å². The molecule has 1 atom stereocenters. The van der Waals surface area contributed by atoms with E-state index >= 15 is 0 Å². The molecule has 0 aromatic rings. The fourth-order valence-corrected chi connectivity index (χ4v) is 2.35. The van der Waals surface area contributed by atoms with Gasteiger partial charge in [0.2, 0.25) is 0 Å². The van der Waals surface area contributed by atoms with E-state index in [4.69, 9.17) is 4.74 Å². The summed E-state index contributed by atoms with van der Waals surface area (Å²) in [4.78, 5) is 18.1. The highest BCUT2D eigenvalue weighted by molar-refractivity contribution is 5.79. The molecule has 0 aromatic heterocycles. The molecule has 1 saturated heterocycles. The summed E-state index contributed by atoms with van der Waals surface area (Å²) in [5, 5.41) is 6.43. The number of nitrogens with one attached hydrogen (secondary N) is 2. The molecule has 2 N–H and O–H groups in total. The fourth-order valence-electron chi connectivity index (χ4n) is 2.35. The van der Waals surface area contributed by atoms with Gasteiger partial charge < -0.3 is 20.3 Å². The molecule has 1 aliphatic heterocycles. The first-order chi connectivity index (χ1) is 10.4. The summed E-state index contributed by atoms with van der Waals surface area (Å²) >= 11 is 0. The van der Waals surface area contributed by atoms with Gasteiger partial charge in [-0.3, -0.25) is 4.99 Å². The van der Waals surface area contributed by atoms with Gasteiger partial charge in [-0.25, -0.2) is 4.79 Å². The van der Waals surface area contributed by atoms with E-state index in [0.717, 1.165) is 38.4 Å². The van der Waals surface area contributed by atoms with Gasteiger partial charge in [-0.2, -0.15) is 0 Å². The van der Waals surface area contributed by atoms with Crippen molar-refractivity contribution in [2.45, 2.75) is 39.2 Å². The van der Waals surface area contributed by atoms with Crippen LogP contribution >= 0.6 is 0 Å². The molecule has 0 radical (unpaired) electrons. The van der Waals surface area contributed by atoms with Crippen molar-refractivity contribution >= 4 is 12.1 Å². The van der Waals surface area contributed by atoms with Crippen LogP contribution in [0.1, 0.15) is 33.6 Å². The average Bonchev–Trinajstić information content (AvgIpc) is 2.46. The van der Waals surface area contributed by atoms with Gasteiger partial charge in [0.1, 0.15) is 5.60 Å². The van der Waals surface area contributed by atoms with Crippen molar-refractivity contribution in [2.24, 2.45) is 10.9 Å². The number of hydrogen-bond acceptors (Lipinski definition) is 3. The minimum Gasteiger partial charge on any atom is -0.444 e. The van der Waals surface area contributed by atoms with Crippen LogP contribution in [-0.4, -0.2) is 55.8 Å². The molecular weight excluding hydrogens is 280 g/mol. The maximum atomic E-state index is 12.1. The zero-order valence-corrected chi connectivity index (χ0v) is 14.3. The second-order valence-electron chi connectivity index (χ2n) is 6.56. The number of aliphatic imine (C=N–C) groups is 1. The van der Waals surface area contributed by atoms with Gasteiger partial charge in [-0.05, 0) is 39.5 Å². The van der Waals surface area contributed by atoms with Gasteiger partial charge in [0.05, 0.1) is 0 Å². The van der Waals surface area contributed by atoms with Crippen molar-refractivity contribution in [1.82, 2.24) is 15.5 Å². The van der Waals surface area contributed by atoms with Gasteiger partial charge in [-0.1, -0.05) is 6.08 Å². The first-order valence-corrected chi connectivity index (χ1v) is 7.89. The first-order valence-electron chi connectivity index (χ1n) is 7.89. The van der Waals surface area contributed by atoms with E-state index in [-0.39, 0.29) is 6.09 Å². The number of amides is 1. The molecule has 6 heteroatoms. The maximum Gasteiger partial charge on any atom is 0.410 e. The van der Waals surface area contributed by atoms with E-state index in [9.17, 15) is 4.79 Å². The Morgan fingerprint density at radius 2 is 2.18 bits per heavy atom. The third-order valence-corrected chi connectivity index (χ3v) is 3.37. The average molecular weight is 310 g/mol. The second-order valence-corrected chi connectivity index (χ2v) is 6.56. The third-order valence-electron chi connectivity index (χ3n) is 3.37. The number of hydrogen-bond donors (Lipinski definition) is 2. The van der Waals surface area contributed by atoms with E-state index < -0.39 is 5.60 Å². The van der Waals surface area contributed by atoms with Crippen LogP contribution in [0.5, 0.6) is 0 Å². The smallest absolute Gasteiger partial charge is 0.410 e. The third kappa shape index (κ3) is 6.83. The molecule has 0 saturated carbocycles. The van der Waals surface area contributed by atoms with Crippen molar-refractivity contribution in [3.8, 4) is 0 Å². The summed E-state index contributed by atoms with van der Waals surface area (Å²) < 4.78 is 5.44. The van der Waals surface area contributed by atoms with Crippen LogP contribution in [0, 0.1) is 5.92 Å². The Kier molecular flexibility index (Phi) is 7.21. The van der Waals surface area contributed by atoms with Crippen molar-refractivity contribution < 1.29 is 9.53 Å². The van der Waals surface area contributed by atoms with Crippen molar-refractivity contribution in [2.75, 3.05) is 33.2 Å². The molecule has 0 aromatic carbocycles. The van der Waals surface area contributed by atoms with Crippen LogP contribution in [0.25, 0.3) is 0 Å². The van der Waals surface area contributed by atoms with Crippen molar-refractivity contribution in [3.05, 3.63) is 12.7 Å². The van der Waals surface area contributed by atoms with E-state index in [0.29, 0.717) is 12.5 Å². The Bertz CT molecular complexity index is 401. The minimum atomic E-state index is -0.446. The zero-order valence-electron chi connectivity index (χ0n) is 14.3. The summed E-state index contributed by atoms with van der Waals surface area (Å²) in [6, 6.07) is 0. The van der Waals surface area contributed by atoms with E-state index in [1.807, 2.05) is 20.8 Å². The summed E-state index contributed by atoms with van der Waals surface area (Å²) in [7, 11) is 1.74. The van der Waals surface area contributed by atoms with Gasteiger partial charge in [0, 0.05) is 33.2 Å². The lowest BCUT2D eigenvalue weighted by Gasteiger charge is -2.34. The molecule has 1 unspecified atom stereocenters. The molecule has 22 heavy (non-hydrogen) atoms. The number of nitrogens with zero attached hydrogens (tertiary/aromatic N) is 2. The van der Waals surface area contributed by atoms with Crippen LogP contribution in [0.3, 0.4) is 0 Å². The summed E-state index contributed by atoms with van der Waals surface area (Å²) in [5.41, 5.74) is -0.446. The number of guanidine groups is 1. The zero-order chi connectivity index (χ0) is 16.6. The Balaban J connectivity index is 2.43. The molecule has 1 fully saturated rings. The molecule has 1 rings (SSSR count). The van der Waals surface area contributed by atoms with Gasteiger partial charge in [0.15, 0.2) is 5.96 Å². The highest BCUT2D eigenvalue weighted by Gasteiger charge is 2.27. The fraction of sp³-hybridized carbons (Fsp3) is 0.750. The molecule has 1 heterocycles. The number of ether oxygens (including phenoxy) is 1. The largest absolute Gasteiger partial charge is 0.444 e. The lowest BCUT2D eigenvalue weighted by atomic mass is 9.98. The van der Waals surface area contributed by atoms with Crippen LogP contribution in [0.2, 0.25) is 0 Å². The molecular formula is C16H30N4O2. The highest BCUT2D eigenvalue weighted by Crippen LogP contribution is 2.18. The molecule has 6 nitrogen and oxygen atoms in total. The topological polar surface area (TPSA) is 66.0 Å². The number of rotatable bonds is 4. The Morgan fingerprint density at radius 1 is 1.45 bits per heavy atom. The highest BCUT2D eigenvalue weighted by atomic mass is 16.6. The standard InChI is InChI=1S/C16H30N4O2/c1-6-9-18-14(17-5)19-11-13-8-7-10-20(12-13)15(21)22-16(2,3)4/h6,13H,1,7-12H2,2-5H3,(H2,17,18,19). The maximum absolute atomic E-state index is 12.1. The van der Waals surface area contributed by atoms with Crippen LogP contribution in [-0.2, 0) is 4.74 Å². The van der Waals surface area contributed by atoms with Gasteiger partial charge >= 0.3 is 6.09 Å². The Labute approximate surface area is 134 Å². The molecule has 0 spiro atoms. The predicted molar refractivity (Wildman–Crippen MR) is 90.1 cm³/mol. The summed E-state index contributed by atoms with van der Waals surface area (Å²) in [6.45, 7) is 12.3. The van der Waals surface area contributed by atoms with E-state index in [1.165, 1.54) is 0 Å². The monoisotopic (exact) mass is 310 g/mol. The summed E-state index contributed by atoms with van der Waals surface area (Å²) in [5.74, 6) is 1.16. The van der Waals surface area contributed by atoms with E-state index in [2.05, 4.69) is 22.2 Å². The van der Waals surface area contributed by atoms with Gasteiger partial charge in [0.25, 0.3) is 0 Å². The van der Waals surface area contributed by atoms with Crippen LogP contribution in [0.15, 0.2) is 17.6 Å². The second kappa shape index (κ2) is 8.66. The normalized spacial score (nSPS) is 19.5. The molecule has 126 valence electrons. The SMILES string of the molecule is C=CCNC(=NC)NCC1CCCN(C(=O)OC(C)(C)C)C1. The quantitative estimate of drug-likeness (QED) is 0.473. The lowest BCUT2D eigenvalue weighted by molar-refractivity contribution is 0.0168. The Hall–Kier alpha value is -1.72. The number of carbonyl (C=O) groups excluding carboxylic acids is 1. The molecule has 1 aliphatic rings. The van der Waals surface area contributed by atoms with Gasteiger partial charge in [-0.15, -0.1) is 6.58 Å². The number of carbonyl (C=O) groups is 1. The molecule has 1 amide bonds. The minimum absolute atomic E-state index is 0.216. The molecule has 0 bridgehead atoms. The first kappa shape index (κ1) is 18.3. The van der Waals surface area contributed by atoms with Crippen molar-refractivity contribution in [1.29, 1.82) is 0 Å². The van der Waals surface area contributed by atoms with Crippen LogP contribution in [0.4, 0.5) is 4.79 Å². The van der Waals surface area contributed by atoms with Crippen LogP contribution < -0.4 is 10.6 Å².